The molecule has 334 valence electrons. The number of rotatable bonds is 46. The summed E-state index contributed by atoms with van der Waals surface area (Å²) in [6.45, 7) is 6.49. The lowest BCUT2D eigenvalue weighted by molar-refractivity contribution is -0.151. The molecule has 0 aromatic rings. The van der Waals surface area contributed by atoms with Gasteiger partial charge in [-0.25, -0.2) is 0 Å². The second-order valence-electron chi connectivity index (χ2n) is 17.6. The number of carbonyl (C=O) groups excluding carboxylic acids is 2. The first-order chi connectivity index (χ1) is 27.5. The molecule has 0 aliphatic rings. The van der Waals surface area contributed by atoms with Gasteiger partial charge in [0.2, 0.25) is 5.91 Å². The number of hydrogen-bond donors (Lipinski definition) is 3. The Morgan fingerprint density at radius 3 is 1.09 bits per heavy atom. The Labute approximate surface area is 349 Å². The second kappa shape index (κ2) is 45.0. The van der Waals surface area contributed by atoms with Crippen LogP contribution in [-0.2, 0) is 14.3 Å². The van der Waals surface area contributed by atoms with Crippen molar-refractivity contribution in [1.82, 2.24) is 5.32 Å². The van der Waals surface area contributed by atoms with Gasteiger partial charge in [0.1, 0.15) is 6.10 Å². The van der Waals surface area contributed by atoms with E-state index in [0.717, 1.165) is 38.5 Å². The van der Waals surface area contributed by atoms with Crippen molar-refractivity contribution in [2.75, 3.05) is 6.61 Å². The summed E-state index contributed by atoms with van der Waals surface area (Å²) in [7, 11) is 0. The Bertz CT molecular complexity index is 806. The Kier molecular flexibility index (Phi) is 44.0. The number of esters is 1. The number of hydrogen-bond acceptors (Lipinski definition) is 5. The molecule has 0 aliphatic carbocycles. The molecule has 0 fully saturated rings. The second-order valence-corrected chi connectivity index (χ2v) is 17.6. The van der Waals surface area contributed by atoms with Crippen LogP contribution in [0, 0.1) is 0 Å². The predicted octanol–water partition coefficient (Wildman–Crippen LogP) is 14.8. The first kappa shape index (κ1) is 54.9. The summed E-state index contributed by atoms with van der Waals surface area (Å²) in [4.78, 5) is 26.1. The maximum absolute atomic E-state index is 13.2. The summed E-state index contributed by atoms with van der Waals surface area (Å²) < 4.78 is 5.93. The molecule has 0 rings (SSSR count). The largest absolute Gasteiger partial charge is 0.462 e. The fraction of sp³-hybridized carbons (Fsp3) is 0.960. The van der Waals surface area contributed by atoms with Crippen molar-refractivity contribution < 1.29 is 24.5 Å². The lowest BCUT2D eigenvalue weighted by Crippen LogP contribution is -2.46. The van der Waals surface area contributed by atoms with Crippen LogP contribution in [-0.4, -0.2) is 46.9 Å². The Hall–Kier alpha value is -1.14. The lowest BCUT2D eigenvalue weighted by Gasteiger charge is -2.24. The van der Waals surface area contributed by atoms with Gasteiger partial charge in [-0.2, -0.15) is 0 Å². The van der Waals surface area contributed by atoms with Crippen LogP contribution in [0.3, 0.4) is 0 Å². The van der Waals surface area contributed by atoms with E-state index in [-0.39, 0.29) is 24.9 Å². The molecule has 56 heavy (non-hydrogen) atoms. The van der Waals surface area contributed by atoms with Gasteiger partial charge >= 0.3 is 5.97 Å². The number of aliphatic hydroxyl groups excluding tert-OH is 2. The van der Waals surface area contributed by atoms with Gasteiger partial charge in [-0.15, -0.1) is 0 Å². The summed E-state index contributed by atoms with van der Waals surface area (Å²) in [5, 5.41) is 23.7. The summed E-state index contributed by atoms with van der Waals surface area (Å²) in [6.07, 6.45) is 47.3. The van der Waals surface area contributed by atoms with Crippen molar-refractivity contribution in [1.29, 1.82) is 0 Å². The number of aliphatic hydroxyl groups is 2. The van der Waals surface area contributed by atoms with Crippen molar-refractivity contribution in [3.8, 4) is 0 Å². The Morgan fingerprint density at radius 2 is 0.750 bits per heavy atom. The predicted molar refractivity (Wildman–Crippen MR) is 241 cm³/mol. The molecule has 0 saturated heterocycles. The van der Waals surface area contributed by atoms with E-state index in [0.29, 0.717) is 19.3 Å². The van der Waals surface area contributed by atoms with Crippen molar-refractivity contribution in [2.45, 2.75) is 302 Å². The standard InChI is InChI=1S/C50H99NO5/c1-4-7-10-13-16-19-22-24-26-28-31-34-37-40-43-50(55)56-46(41-38-35-32-29-27-25-23-20-17-14-11-8-5-2)44-49(54)51-47(45-52)48(53)42-39-36-33-30-21-18-15-12-9-6-3/h46-48,52-53H,4-45H2,1-3H3,(H,51,54). The lowest BCUT2D eigenvalue weighted by atomic mass is 10.0. The minimum absolute atomic E-state index is 0.0875. The van der Waals surface area contributed by atoms with Gasteiger partial charge in [-0.1, -0.05) is 245 Å². The molecule has 0 heterocycles. The third-order valence-corrected chi connectivity index (χ3v) is 11.9. The number of nitrogens with one attached hydrogen (secondary N) is 1. The zero-order valence-electron chi connectivity index (χ0n) is 38.0. The van der Waals surface area contributed by atoms with E-state index >= 15 is 0 Å². The first-order valence-corrected chi connectivity index (χ1v) is 25.3. The molecule has 3 atom stereocenters. The van der Waals surface area contributed by atoms with Crippen molar-refractivity contribution >= 4 is 11.9 Å². The molecule has 0 aromatic heterocycles. The zero-order chi connectivity index (χ0) is 41.0. The van der Waals surface area contributed by atoms with Crippen LogP contribution < -0.4 is 5.32 Å². The molecule has 3 N–H and O–H groups in total. The fourth-order valence-electron chi connectivity index (χ4n) is 8.08. The number of unbranched alkanes of at least 4 members (excludes halogenated alkanes) is 34. The van der Waals surface area contributed by atoms with Crippen molar-refractivity contribution in [2.24, 2.45) is 0 Å². The van der Waals surface area contributed by atoms with Crippen molar-refractivity contribution in [3.05, 3.63) is 0 Å². The quantitative estimate of drug-likeness (QED) is 0.0421. The van der Waals surface area contributed by atoms with E-state index in [9.17, 15) is 19.8 Å². The normalized spacial score (nSPS) is 13.2. The molecule has 0 radical (unpaired) electrons. The molecule has 3 unspecified atom stereocenters. The van der Waals surface area contributed by atoms with Gasteiger partial charge in [0.15, 0.2) is 0 Å². The number of carbonyl (C=O) groups is 2. The number of amides is 1. The highest BCUT2D eigenvalue weighted by molar-refractivity contribution is 5.77. The molecule has 0 saturated carbocycles. The smallest absolute Gasteiger partial charge is 0.306 e. The van der Waals surface area contributed by atoms with Crippen molar-refractivity contribution in [3.63, 3.8) is 0 Å². The van der Waals surface area contributed by atoms with Crippen LogP contribution in [0.25, 0.3) is 0 Å². The molecular formula is C50H99NO5. The summed E-state index contributed by atoms with van der Waals surface area (Å²) in [5.74, 6) is -0.453. The van der Waals surface area contributed by atoms with Crippen LogP contribution >= 0.6 is 0 Å². The molecule has 0 bridgehead atoms. The van der Waals surface area contributed by atoms with Gasteiger partial charge < -0.3 is 20.3 Å². The molecule has 0 spiro atoms. The zero-order valence-corrected chi connectivity index (χ0v) is 38.0. The van der Waals surface area contributed by atoms with Gasteiger partial charge in [-0.3, -0.25) is 9.59 Å². The molecular weight excluding hydrogens is 695 g/mol. The third-order valence-electron chi connectivity index (χ3n) is 11.9. The monoisotopic (exact) mass is 794 g/mol. The Balaban J connectivity index is 4.52. The average molecular weight is 794 g/mol. The SMILES string of the molecule is CCCCCCCCCCCCCCCCC(=O)OC(CCCCCCCCCCCCCCC)CC(=O)NC(CO)C(O)CCCCCCCCCCCC. The highest BCUT2D eigenvalue weighted by atomic mass is 16.5. The molecule has 0 aliphatic heterocycles. The van der Waals surface area contributed by atoms with E-state index in [1.165, 1.54) is 199 Å². The highest BCUT2D eigenvalue weighted by Gasteiger charge is 2.24. The molecule has 6 nitrogen and oxygen atoms in total. The first-order valence-electron chi connectivity index (χ1n) is 25.3. The minimum Gasteiger partial charge on any atom is -0.462 e. The highest BCUT2D eigenvalue weighted by Crippen LogP contribution is 2.19. The summed E-state index contributed by atoms with van der Waals surface area (Å²) in [5.41, 5.74) is 0. The Morgan fingerprint density at radius 1 is 0.446 bits per heavy atom. The average Bonchev–Trinajstić information content (AvgIpc) is 3.19. The van der Waals surface area contributed by atoms with E-state index in [2.05, 4.69) is 26.1 Å². The van der Waals surface area contributed by atoms with Crippen LogP contribution in [0.2, 0.25) is 0 Å². The molecule has 6 heteroatoms. The summed E-state index contributed by atoms with van der Waals surface area (Å²) in [6, 6.07) is -0.690. The van der Waals surface area contributed by atoms with Gasteiger partial charge in [0.05, 0.1) is 25.2 Å². The van der Waals surface area contributed by atoms with Gasteiger partial charge in [0, 0.05) is 6.42 Å². The van der Waals surface area contributed by atoms with Gasteiger partial charge in [-0.05, 0) is 25.7 Å². The molecule has 0 aromatic carbocycles. The fourth-order valence-corrected chi connectivity index (χ4v) is 8.08. The topological polar surface area (TPSA) is 95.9 Å². The number of ether oxygens (including phenoxy) is 1. The minimum atomic E-state index is -0.777. The van der Waals surface area contributed by atoms with Crippen LogP contribution in [0.1, 0.15) is 284 Å². The van der Waals surface area contributed by atoms with Crippen LogP contribution in [0.5, 0.6) is 0 Å². The van der Waals surface area contributed by atoms with E-state index in [1.54, 1.807) is 0 Å². The van der Waals surface area contributed by atoms with Crippen LogP contribution in [0.4, 0.5) is 0 Å². The van der Waals surface area contributed by atoms with E-state index < -0.39 is 18.2 Å². The third kappa shape index (κ3) is 39.7. The maximum atomic E-state index is 13.2. The van der Waals surface area contributed by atoms with E-state index in [1.807, 2.05) is 0 Å². The molecule has 1 amide bonds. The van der Waals surface area contributed by atoms with Gasteiger partial charge in [0.25, 0.3) is 0 Å². The van der Waals surface area contributed by atoms with Crippen LogP contribution in [0.15, 0.2) is 0 Å². The maximum Gasteiger partial charge on any atom is 0.306 e. The summed E-state index contributed by atoms with van der Waals surface area (Å²) >= 11 is 0. The van der Waals surface area contributed by atoms with E-state index in [4.69, 9.17) is 4.74 Å².